The summed E-state index contributed by atoms with van der Waals surface area (Å²) in [5.41, 5.74) is 2.56. The van der Waals surface area contributed by atoms with Crippen molar-refractivity contribution < 1.29 is 9.59 Å². The smallest absolute Gasteiger partial charge is 0.250 e. The molecule has 0 spiro atoms. The van der Waals surface area contributed by atoms with Crippen molar-refractivity contribution in [3.63, 3.8) is 0 Å². The summed E-state index contributed by atoms with van der Waals surface area (Å²) < 4.78 is 3.57. The first-order valence-corrected chi connectivity index (χ1v) is 10.2. The molecule has 9 nitrogen and oxygen atoms in total. The SMILES string of the molecule is CC(=O)N1CSC[C@H]1C(=O)Nc1nc2ccc(-c3ccnn3C(C)C)cn2n1. The lowest BCUT2D eigenvalue weighted by Crippen LogP contribution is -2.43. The predicted octanol–water partition coefficient (Wildman–Crippen LogP) is 2.03. The largest absolute Gasteiger partial charge is 0.321 e. The molecule has 0 radical (unpaired) electrons. The summed E-state index contributed by atoms with van der Waals surface area (Å²) in [7, 11) is 0. The minimum Gasteiger partial charge on any atom is -0.321 e. The maximum Gasteiger partial charge on any atom is 0.250 e. The zero-order chi connectivity index (χ0) is 19.8. The Labute approximate surface area is 166 Å². The molecule has 10 heteroatoms. The number of pyridine rings is 1. The summed E-state index contributed by atoms with van der Waals surface area (Å²) in [5.74, 6) is 0.940. The summed E-state index contributed by atoms with van der Waals surface area (Å²) in [6, 6.07) is 5.50. The van der Waals surface area contributed by atoms with Gasteiger partial charge >= 0.3 is 0 Å². The highest BCUT2D eigenvalue weighted by molar-refractivity contribution is 7.99. The second-order valence-corrected chi connectivity index (χ2v) is 7.90. The van der Waals surface area contributed by atoms with E-state index in [0.717, 1.165) is 11.3 Å². The number of hydrogen-bond donors (Lipinski definition) is 1. The fraction of sp³-hybridized carbons (Fsp3) is 0.389. The van der Waals surface area contributed by atoms with Crippen LogP contribution in [-0.2, 0) is 9.59 Å². The lowest BCUT2D eigenvalue weighted by molar-refractivity contribution is -0.134. The maximum absolute atomic E-state index is 12.6. The number of amides is 2. The van der Waals surface area contributed by atoms with Crippen LogP contribution in [0.4, 0.5) is 5.95 Å². The molecule has 1 atom stereocenters. The minimum atomic E-state index is -0.495. The van der Waals surface area contributed by atoms with Crippen LogP contribution in [-0.4, -0.2) is 58.8 Å². The number of carbonyl (C=O) groups excluding carboxylic acids is 2. The summed E-state index contributed by atoms with van der Waals surface area (Å²) >= 11 is 1.56. The summed E-state index contributed by atoms with van der Waals surface area (Å²) in [4.78, 5) is 30.1. The third-order valence-electron chi connectivity index (χ3n) is 4.61. The van der Waals surface area contributed by atoms with Crippen molar-refractivity contribution in [2.24, 2.45) is 0 Å². The Morgan fingerprint density at radius 1 is 1.29 bits per heavy atom. The first-order valence-electron chi connectivity index (χ1n) is 9.00. The molecular weight excluding hydrogens is 378 g/mol. The van der Waals surface area contributed by atoms with Crippen molar-refractivity contribution in [1.29, 1.82) is 0 Å². The van der Waals surface area contributed by atoms with E-state index in [4.69, 9.17) is 0 Å². The van der Waals surface area contributed by atoms with E-state index in [2.05, 4.69) is 34.3 Å². The molecule has 146 valence electrons. The Hall–Kier alpha value is -2.88. The summed E-state index contributed by atoms with van der Waals surface area (Å²) in [6.45, 7) is 5.62. The molecular formula is C18H21N7O2S. The molecule has 4 heterocycles. The van der Waals surface area contributed by atoms with E-state index >= 15 is 0 Å². The van der Waals surface area contributed by atoms with Gasteiger partial charge < -0.3 is 4.90 Å². The van der Waals surface area contributed by atoms with E-state index in [0.29, 0.717) is 17.3 Å². The summed E-state index contributed by atoms with van der Waals surface area (Å²) in [6.07, 6.45) is 3.63. The van der Waals surface area contributed by atoms with Gasteiger partial charge in [0.25, 0.3) is 0 Å². The Balaban J connectivity index is 1.58. The van der Waals surface area contributed by atoms with Gasteiger partial charge in [-0.1, -0.05) is 0 Å². The number of nitrogens with one attached hydrogen (secondary N) is 1. The molecule has 0 aromatic carbocycles. The minimum absolute atomic E-state index is 0.112. The van der Waals surface area contributed by atoms with E-state index in [1.165, 1.54) is 6.92 Å². The highest BCUT2D eigenvalue weighted by atomic mass is 32.2. The molecule has 1 fully saturated rings. The molecule has 0 saturated carbocycles. The number of anilines is 1. The Bertz CT molecular complexity index is 1040. The number of thioether (sulfide) groups is 1. The van der Waals surface area contributed by atoms with Crippen molar-refractivity contribution in [2.75, 3.05) is 16.9 Å². The highest BCUT2D eigenvalue weighted by Gasteiger charge is 2.33. The van der Waals surface area contributed by atoms with Crippen LogP contribution in [0, 0.1) is 0 Å². The first kappa shape index (κ1) is 18.5. The second kappa shape index (κ2) is 7.27. The van der Waals surface area contributed by atoms with Gasteiger partial charge in [-0.15, -0.1) is 16.9 Å². The van der Waals surface area contributed by atoms with E-state index in [-0.39, 0.29) is 23.8 Å². The van der Waals surface area contributed by atoms with Crippen LogP contribution in [0.2, 0.25) is 0 Å². The molecule has 4 rings (SSSR count). The van der Waals surface area contributed by atoms with Gasteiger partial charge in [-0.2, -0.15) is 10.1 Å². The van der Waals surface area contributed by atoms with Gasteiger partial charge in [-0.3, -0.25) is 19.6 Å². The monoisotopic (exact) mass is 399 g/mol. The average Bonchev–Trinajstić information content (AvgIpc) is 3.38. The van der Waals surface area contributed by atoms with E-state index < -0.39 is 6.04 Å². The zero-order valence-corrected chi connectivity index (χ0v) is 16.7. The number of fused-ring (bicyclic) bond motifs is 1. The number of hydrogen-bond acceptors (Lipinski definition) is 6. The van der Waals surface area contributed by atoms with Crippen LogP contribution in [0.5, 0.6) is 0 Å². The molecule has 0 aliphatic carbocycles. The topological polar surface area (TPSA) is 97.4 Å². The Morgan fingerprint density at radius 3 is 2.86 bits per heavy atom. The van der Waals surface area contributed by atoms with Crippen molar-refractivity contribution in [3.8, 4) is 11.3 Å². The van der Waals surface area contributed by atoms with E-state index in [1.54, 1.807) is 27.4 Å². The van der Waals surface area contributed by atoms with Crippen LogP contribution in [0.15, 0.2) is 30.6 Å². The van der Waals surface area contributed by atoms with Crippen molar-refractivity contribution in [3.05, 3.63) is 30.6 Å². The van der Waals surface area contributed by atoms with Gasteiger partial charge in [0, 0.05) is 36.7 Å². The van der Waals surface area contributed by atoms with Gasteiger partial charge in [0.05, 0.1) is 11.6 Å². The fourth-order valence-electron chi connectivity index (χ4n) is 3.21. The predicted molar refractivity (Wildman–Crippen MR) is 107 cm³/mol. The lowest BCUT2D eigenvalue weighted by atomic mass is 10.2. The number of rotatable bonds is 4. The van der Waals surface area contributed by atoms with Crippen LogP contribution >= 0.6 is 11.8 Å². The van der Waals surface area contributed by atoms with E-state index in [9.17, 15) is 9.59 Å². The third kappa shape index (κ3) is 3.35. The molecule has 1 N–H and O–H groups in total. The van der Waals surface area contributed by atoms with Crippen LogP contribution < -0.4 is 5.32 Å². The van der Waals surface area contributed by atoms with Crippen molar-refractivity contribution in [1.82, 2.24) is 29.3 Å². The lowest BCUT2D eigenvalue weighted by Gasteiger charge is -2.20. The fourth-order valence-corrected chi connectivity index (χ4v) is 4.42. The standard InChI is InChI=1S/C18H21N7O2S/c1-11(2)25-14(6-7-19-25)13-4-5-16-20-18(22-24(16)8-13)21-17(27)15-9-28-10-23(15)12(3)26/h4-8,11,15H,9-10H2,1-3H3,(H,21,22,27)/t15-/m0/s1. The Morgan fingerprint density at radius 2 is 2.11 bits per heavy atom. The quantitative estimate of drug-likeness (QED) is 0.721. The second-order valence-electron chi connectivity index (χ2n) is 6.90. The normalized spacial score (nSPS) is 16.9. The molecule has 1 saturated heterocycles. The van der Waals surface area contributed by atoms with Crippen LogP contribution in [0.25, 0.3) is 16.9 Å². The Kier molecular flexibility index (Phi) is 4.80. The maximum atomic E-state index is 12.6. The molecule has 3 aromatic heterocycles. The van der Waals surface area contributed by atoms with Crippen molar-refractivity contribution in [2.45, 2.75) is 32.9 Å². The number of aromatic nitrogens is 5. The van der Waals surface area contributed by atoms with Crippen LogP contribution in [0.3, 0.4) is 0 Å². The van der Waals surface area contributed by atoms with Crippen molar-refractivity contribution >= 4 is 35.2 Å². The summed E-state index contributed by atoms with van der Waals surface area (Å²) in [5, 5.41) is 11.5. The van der Waals surface area contributed by atoms with Gasteiger partial charge in [-0.25, -0.2) is 4.52 Å². The van der Waals surface area contributed by atoms with Gasteiger partial charge in [0.1, 0.15) is 6.04 Å². The molecule has 3 aromatic rings. The molecule has 0 bridgehead atoms. The molecule has 28 heavy (non-hydrogen) atoms. The van der Waals surface area contributed by atoms with Gasteiger partial charge in [0.2, 0.25) is 17.8 Å². The van der Waals surface area contributed by atoms with Gasteiger partial charge in [0.15, 0.2) is 5.65 Å². The average molecular weight is 399 g/mol. The van der Waals surface area contributed by atoms with E-state index in [1.807, 2.05) is 29.1 Å². The first-order chi connectivity index (χ1) is 13.4. The molecule has 1 aliphatic rings. The molecule has 0 unspecified atom stereocenters. The molecule has 1 aliphatic heterocycles. The zero-order valence-electron chi connectivity index (χ0n) is 15.9. The van der Waals surface area contributed by atoms with Crippen LogP contribution in [0.1, 0.15) is 26.8 Å². The third-order valence-corrected chi connectivity index (χ3v) is 5.62. The van der Waals surface area contributed by atoms with Gasteiger partial charge in [-0.05, 0) is 32.0 Å². The number of carbonyl (C=O) groups is 2. The highest BCUT2D eigenvalue weighted by Crippen LogP contribution is 2.24. The number of nitrogens with zero attached hydrogens (tertiary/aromatic N) is 6. The molecule has 2 amide bonds.